The first-order chi connectivity index (χ1) is 17.5. The number of halogens is 6. The number of nitrogens with zero attached hydrogens (tertiary/aromatic N) is 1. The summed E-state index contributed by atoms with van der Waals surface area (Å²) in [6.45, 7) is 0. The van der Waals surface area contributed by atoms with Gasteiger partial charge in [0.2, 0.25) is 5.76 Å². The molecule has 0 aliphatic heterocycles. The molecule has 38 heavy (non-hydrogen) atoms. The summed E-state index contributed by atoms with van der Waals surface area (Å²) in [5.41, 5.74) is 4.20. The van der Waals surface area contributed by atoms with Gasteiger partial charge in [-0.3, -0.25) is 4.79 Å². The SMILES string of the molecule is O/C(=C\C(=[OH+])C(F)(F)F)C(F)(F)F.[Pt].[c-]1ccccc1-c1[c-]cccc1.[c-]1ccccc1-c1ccccn1. The normalized spacial score (nSPS) is 11.1. The van der Waals surface area contributed by atoms with Crippen LogP contribution in [0.1, 0.15) is 0 Å². The van der Waals surface area contributed by atoms with Gasteiger partial charge >= 0.3 is 18.1 Å². The standard InChI is InChI=1S/C12H8.C11H8N.C5H2F6O2.Pt/c1-3-7-11(8-4-1)12-9-5-2-6-10-12;1-2-6-10(7-3-1)11-8-4-5-9-12-11;6-4(7,8)2(12)1-3(13)5(9,10)11;/h1-7,9H;1-6,8-9H;1,12H;/q-2;-1;;/p+1/b;;2-1-;. The van der Waals surface area contributed by atoms with Crippen molar-refractivity contribution >= 4 is 5.78 Å². The fourth-order valence-corrected chi connectivity index (χ4v) is 2.49. The number of ketones is 1. The van der Waals surface area contributed by atoms with Crippen molar-refractivity contribution in [1.29, 1.82) is 0 Å². The van der Waals surface area contributed by atoms with Crippen LogP contribution in [0, 0.1) is 18.2 Å². The van der Waals surface area contributed by atoms with Gasteiger partial charge in [-0.25, -0.2) is 11.1 Å². The van der Waals surface area contributed by atoms with Crippen LogP contribution in [0.5, 0.6) is 0 Å². The maximum Gasteiger partial charge on any atom is 0.509 e. The van der Waals surface area contributed by atoms with Gasteiger partial charge in [0.15, 0.2) is 0 Å². The molecule has 0 radical (unpaired) electrons. The van der Waals surface area contributed by atoms with E-state index in [2.05, 4.69) is 23.2 Å². The second kappa shape index (κ2) is 15.5. The molecular weight excluding hydrogens is 691 g/mol. The molecule has 0 aliphatic carbocycles. The van der Waals surface area contributed by atoms with E-state index in [0.717, 1.165) is 22.4 Å². The largest absolute Gasteiger partial charge is 0.509 e. The van der Waals surface area contributed by atoms with Crippen LogP contribution >= 0.6 is 0 Å². The molecule has 10 heteroatoms. The Hall–Kier alpha value is -3.71. The van der Waals surface area contributed by atoms with Gasteiger partial charge in [-0.1, -0.05) is 12.1 Å². The summed E-state index contributed by atoms with van der Waals surface area (Å²) in [4.78, 5) is 12.2. The number of hydrogen-bond donors (Lipinski definition) is 1. The maximum atomic E-state index is 11.4. The van der Waals surface area contributed by atoms with Gasteiger partial charge in [-0.15, -0.1) is 48.0 Å². The molecule has 0 aliphatic rings. The first kappa shape index (κ1) is 32.3. The van der Waals surface area contributed by atoms with Gasteiger partial charge in [0.1, 0.15) is 0 Å². The topological polar surface area (TPSA) is 54.5 Å². The fourth-order valence-electron chi connectivity index (χ4n) is 2.49. The van der Waals surface area contributed by atoms with Crippen molar-refractivity contribution in [3.63, 3.8) is 0 Å². The van der Waals surface area contributed by atoms with Crippen LogP contribution in [0.25, 0.3) is 22.4 Å². The number of carbonyl (C=O) groups excluding carboxylic acids is 1. The smallest absolute Gasteiger partial charge is 0.504 e. The molecule has 1 heterocycles. The number of benzene rings is 3. The molecule has 3 nitrogen and oxygen atoms in total. The van der Waals surface area contributed by atoms with Gasteiger partial charge in [0.05, 0.1) is 6.08 Å². The molecule has 0 amide bonds. The molecular formula is C28H19F6NO2Pt-2. The average molecular weight is 711 g/mol. The Morgan fingerprint density at radius 1 is 0.684 bits per heavy atom. The third-order valence-electron chi connectivity index (χ3n) is 4.21. The number of allylic oxidation sites excluding steroid dienone is 2. The van der Waals surface area contributed by atoms with Crippen molar-refractivity contribution in [3.8, 4) is 22.4 Å². The van der Waals surface area contributed by atoms with Crippen LogP contribution in [0.3, 0.4) is 0 Å². The van der Waals surface area contributed by atoms with Gasteiger partial charge < -0.3 is 10.1 Å². The number of alkyl halides is 6. The predicted molar refractivity (Wildman–Crippen MR) is 128 cm³/mol. The van der Waals surface area contributed by atoms with E-state index in [1.165, 1.54) is 0 Å². The van der Waals surface area contributed by atoms with Crippen molar-refractivity contribution in [1.82, 2.24) is 4.98 Å². The molecule has 1 aromatic heterocycles. The zero-order valence-corrected chi connectivity index (χ0v) is 21.5. The third-order valence-corrected chi connectivity index (χ3v) is 4.21. The monoisotopic (exact) mass is 710 g/mol. The average Bonchev–Trinajstić information content (AvgIpc) is 2.90. The summed E-state index contributed by atoms with van der Waals surface area (Å²) in [7, 11) is 0. The molecule has 2 N–H and O–H groups in total. The minimum atomic E-state index is -5.31. The van der Waals surface area contributed by atoms with Crippen LogP contribution in [-0.2, 0) is 21.1 Å². The molecule has 0 atom stereocenters. The number of rotatable bonds is 3. The summed E-state index contributed by atoms with van der Waals surface area (Å²) < 4.78 is 68.3. The number of pyridine rings is 1. The number of hydrogen-bond acceptors (Lipinski definition) is 2. The molecule has 3 aromatic carbocycles. The molecule has 0 saturated carbocycles. The number of aliphatic hydroxyl groups excluding tert-OH is 1. The maximum absolute atomic E-state index is 11.4. The summed E-state index contributed by atoms with van der Waals surface area (Å²) in [6.07, 6.45) is -9.63. The zero-order valence-electron chi connectivity index (χ0n) is 19.2. The predicted octanol–water partition coefficient (Wildman–Crippen LogP) is 7.60. The van der Waals surface area contributed by atoms with Gasteiger partial charge in [0.25, 0.3) is 0 Å². The molecule has 0 unspecified atom stereocenters. The Bertz CT molecular complexity index is 1100. The van der Waals surface area contributed by atoms with Crippen LogP contribution in [0.15, 0.2) is 109 Å². The Kier molecular flexibility index (Phi) is 13.2. The molecule has 0 saturated heterocycles. The minimum Gasteiger partial charge on any atom is -0.504 e. The van der Waals surface area contributed by atoms with Crippen molar-refractivity contribution in [2.75, 3.05) is 0 Å². The van der Waals surface area contributed by atoms with Gasteiger partial charge in [0, 0.05) is 27.3 Å². The Morgan fingerprint density at radius 3 is 1.47 bits per heavy atom. The summed E-state index contributed by atoms with van der Waals surface area (Å²) in [6, 6.07) is 39.0. The molecule has 4 rings (SSSR count). The number of aromatic nitrogens is 1. The first-order valence-electron chi connectivity index (χ1n) is 10.4. The van der Waals surface area contributed by atoms with E-state index < -0.39 is 30.0 Å². The summed E-state index contributed by atoms with van der Waals surface area (Å²) in [5.74, 6) is -5.02. The quantitative estimate of drug-likeness (QED) is 0.0784. The van der Waals surface area contributed by atoms with Crippen molar-refractivity contribution in [2.24, 2.45) is 0 Å². The van der Waals surface area contributed by atoms with E-state index in [1.807, 2.05) is 91.0 Å². The second-order valence-corrected chi connectivity index (χ2v) is 6.95. The van der Waals surface area contributed by atoms with E-state index in [1.54, 1.807) is 6.20 Å². The van der Waals surface area contributed by atoms with E-state index in [4.69, 9.17) is 9.90 Å². The van der Waals surface area contributed by atoms with Crippen molar-refractivity contribution < 1.29 is 57.3 Å². The van der Waals surface area contributed by atoms with Crippen LogP contribution in [0.2, 0.25) is 0 Å². The Labute approximate surface area is 229 Å². The van der Waals surface area contributed by atoms with E-state index in [-0.39, 0.29) is 21.1 Å². The van der Waals surface area contributed by atoms with Crippen molar-refractivity contribution in [2.45, 2.75) is 12.4 Å². The van der Waals surface area contributed by atoms with Crippen molar-refractivity contribution in [3.05, 3.63) is 127 Å². The molecule has 0 bridgehead atoms. The molecule has 0 spiro atoms. The first-order valence-corrected chi connectivity index (χ1v) is 10.4. The number of aliphatic hydroxyl groups is 1. The Morgan fingerprint density at radius 2 is 1.13 bits per heavy atom. The molecule has 0 fully saturated rings. The van der Waals surface area contributed by atoms with E-state index >= 15 is 0 Å². The van der Waals surface area contributed by atoms with E-state index in [0.29, 0.717) is 0 Å². The van der Waals surface area contributed by atoms with E-state index in [9.17, 15) is 26.3 Å². The second-order valence-electron chi connectivity index (χ2n) is 6.95. The summed E-state index contributed by atoms with van der Waals surface area (Å²) >= 11 is 0. The third kappa shape index (κ3) is 11.6. The van der Waals surface area contributed by atoms with Crippen LogP contribution < -0.4 is 0 Å². The van der Waals surface area contributed by atoms with Crippen LogP contribution in [-0.4, -0.2) is 33.0 Å². The summed E-state index contributed by atoms with van der Waals surface area (Å²) in [5, 5.41) is 7.97. The minimum absolute atomic E-state index is 0. The Balaban J connectivity index is 0.000000281. The molecule has 4 aromatic rings. The zero-order chi connectivity index (χ0) is 27.3. The van der Waals surface area contributed by atoms with Gasteiger partial charge in [-0.2, -0.15) is 74.9 Å². The fraction of sp³-hybridized carbons (Fsp3) is 0.0714. The van der Waals surface area contributed by atoms with Gasteiger partial charge in [-0.05, 0) is 11.8 Å². The van der Waals surface area contributed by atoms with Crippen LogP contribution in [0.4, 0.5) is 26.3 Å². The molecule has 202 valence electrons.